The van der Waals surface area contributed by atoms with Crippen LogP contribution in [0.3, 0.4) is 0 Å². The minimum atomic E-state index is -1.41. The molecule has 31 heavy (non-hydrogen) atoms. The highest BCUT2D eigenvalue weighted by molar-refractivity contribution is 5.97. The second-order valence-electron chi connectivity index (χ2n) is 8.36. The van der Waals surface area contributed by atoms with Gasteiger partial charge in [-0.3, -0.25) is 4.79 Å². The zero-order valence-corrected chi connectivity index (χ0v) is 17.7. The largest absolute Gasteiger partial charge is 0.443 e. The predicted molar refractivity (Wildman–Crippen MR) is 111 cm³/mol. The molecule has 1 aliphatic heterocycles. The molecule has 0 saturated carbocycles. The number of hydrazone groups is 1. The van der Waals surface area contributed by atoms with Gasteiger partial charge in [-0.1, -0.05) is 32.9 Å². The first-order chi connectivity index (χ1) is 14.6. The molecule has 1 unspecified atom stereocenters. The van der Waals surface area contributed by atoms with Gasteiger partial charge in [0.05, 0.1) is 17.2 Å². The third-order valence-electron chi connectivity index (χ3n) is 4.98. The predicted octanol–water partition coefficient (Wildman–Crippen LogP) is 3.99. The summed E-state index contributed by atoms with van der Waals surface area (Å²) in [4.78, 5) is 13.4. The average Bonchev–Trinajstić information content (AvgIpc) is 3.13. The summed E-state index contributed by atoms with van der Waals surface area (Å²) in [6.45, 7) is 5.52. The Labute approximate surface area is 179 Å². The van der Waals surface area contributed by atoms with Crippen LogP contribution in [0.4, 0.5) is 8.78 Å². The Morgan fingerprint density at radius 2 is 1.90 bits per heavy atom. The zero-order chi connectivity index (χ0) is 22.8. The van der Waals surface area contributed by atoms with Gasteiger partial charge in [0.2, 0.25) is 11.6 Å². The number of hydrogen-bond donors (Lipinski definition) is 1. The van der Waals surface area contributed by atoms with E-state index in [2.05, 4.69) is 5.10 Å². The van der Waals surface area contributed by atoms with Crippen molar-refractivity contribution in [3.63, 3.8) is 0 Å². The maximum absolute atomic E-state index is 14.5. The van der Waals surface area contributed by atoms with Gasteiger partial charge in [-0.05, 0) is 43.3 Å². The number of carbonyl (C=O) groups excluding carboxylic acids is 1. The molecule has 6 nitrogen and oxygen atoms in total. The molecule has 0 saturated heterocycles. The summed E-state index contributed by atoms with van der Waals surface area (Å²) in [5, 5.41) is 14.6. The lowest BCUT2D eigenvalue weighted by atomic mass is 9.90. The summed E-state index contributed by atoms with van der Waals surface area (Å²) in [6.07, 6.45) is 0.740. The van der Waals surface area contributed by atoms with Crippen molar-refractivity contribution < 1.29 is 18.3 Å². The number of carbonyl (C=O) groups is 1. The second-order valence-corrected chi connectivity index (χ2v) is 8.36. The fraction of sp³-hybridized carbons (Fsp3) is 0.348. The number of hydrogen-bond acceptors (Lipinski definition) is 5. The SMILES string of the molecule is CC(C)(C)C(=O)N1N=C(c2cc(F)ccc2F)OC1(CCCN)c1ccc(C#N)cc1. The Morgan fingerprint density at radius 3 is 2.48 bits per heavy atom. The van der Waals surface area contributed by atoms with Gasteiger partial charge in [-0.2, -0.15) is 10.3 Å². The minimum absolute atomic E-state index is 0.185. The van der Waals surface area contributed by atoms with E-state index in [4.69, 9.17) is 15.7 Å². The van der Waals surface area contributed by atoms with Gasteiger partial charge in [0.1, 0.15) is 11.6 Å². The molecular weight excluding hydrogens is 402 g/mol. The lowest BCUT2D eigenvalue weighted by Gasteiger charge is -2.38. The summed E-state index contributed by atoms with van der Waals surface area (Å²) in [6, 6.07) is 11.5. The summed E-state index contributed by atoms with van der Waals surface area (Å²) in [7, 11) is 0. The van der Waals surface area contributed by atoms with Crippen molar-refractivity contribution in [1.29, 1.82) is 5.26 Å². The van der Waals surface area contributed by atoms with E-state index in [1.165, 1.54) is 5.01 Å². The smallest absolute Gasteiger partial charge is 0.251 e. The van der Waals surface area contributed by atoms with Crippen LogP contribution in [0.15, 0.2) is 47.6 Å². The van der Waals surface area contributed by atoms with Gasteiger partial charge in [0.15, 0.2) is 0 Å². The molecule has 2 aromatic carbocycles. The molecule has 0 spiro atoms. The van der Waals surface area contributed by atoms with Crippen molar-refractivity contribution in [2.45, 2.75) is 39.3 Å². The van der Waals surface area contributed by atoms with Crippen LogP contribution in [0.5, 0.6) is 0 Å². The number of nitrogens with two attached hydrogens (primary N) is 1. The van der Waals surface area contributed by atoms with Crippen LogP contribution in [0.25, 0.3) is 0 Å². The Balaban J connectivity index is 2.20. The number of benzene rings is 2. The molecule has 0 bridgehead atoms. The molecule has 1 atom stereocenters. The fourth-order valence-electron chi connectivity index (χ4n) is 3.32. The first-order valence-corrected chi connectivity index (χ1v) is 9.91. The van der Waals surface area contributed by atoms with E-state index in [1.54, 1.807) is 45.0 Å². The van der Waals surface area contributed by atoms with Crippen LogP contribution in [-0.4, -0.2) is 23.4 Å². The summed E-state index contributed by atoms with van der Waals surface area (Å²) < 4.78 is 34.5. The number of nitrogens with zero attached hydrogens (tertiary/aromatic N) is 3. The molecule has 0 aliphatic carbocycles. The Morgan fingerprint density at radius 1 is 1.23 bits per heavy atom. The van der Waals surface area contributed by atoms with Gasteiger partial charge in [0, 0.05) is 17.4 Å². The highest BCUT2D eigenvalue weighted by Crippen LogP contribution is 2.43. The molecular formula is C23H24F2N4O2. The van der Waals surface area contributed by atoms with E-state index in [9.17, 15) is 13.6 Å². The Hall–Kier alpha value is -3.31. The molecule has 0 aromatic heterocycles. The van der Waals surface area contributed by atoms with Crippen LogP contribution in [0, 0.1) is 28.4 Å². The second kappa shape index (κ2) is 8.44. The first kappa shape index (κ1) is 22.4. The van der Waals surface area contributed by atoms with Gasteiger partial charge in [-0.15, -0.1) is 5.10 Å². The maximum atomic E-state index is 14.5. The molecule has 1 aliphatic rings. The normalized spacial score (nSPS) is 18.4. The average molecular weight is 426 g/mol. The molecule has 162 valence electrons. The number of halogens is 2. The maximum Gasteiger partial charge on any atom is 0.251 e. The monoisotopic (exact) mass is 426 g/mol. The van der Waals surface area contributed by atoms with Crippen molar-refractivity contribution >= 4 is 11.8 Å². The van der Waals surface area contributed by atoms with Crippen LogP contribution in [-0.2, 0) is 15.3 Å². The van der Waals surface area contributed by atoms with E-state index in [0.29, 0.717) is 24.1 Å². The van der Waals surface area contributed by atoms with E-state index in [-0.39, 0.29) is 23.8 Å². The number of ether oxygens (including phenoxy) is 1. The topological polar surface area (TPSA) is 91.7 Å². The van der Waals surface area contributed by atoms with Crippen LogP contribution in [0.1, 0.15) is 50.3 Å². The summed E-state index contributed by atoms with van der Waals surface area (Å²) in [5.41, 5.74) is 4.29. The van der Waals surface area contributed by atoms with Crippen molar-refractivity contribution in [3.05, 3.63) is 70.8 Å². The van der Waals surface area contributed by atoms with Gasteiger partial charge in [0.25, 0.3) is 5.91 Å². The number of nitriles is 1. The molecule has 8 heteroatoms. The molecule has 0 radical (unpaired) electrons. The lowest BCUT2D eigenvalue weighted by molar-refractivity contribution is -0.161. The molecule has 0 fully saturated rings. The Bertz CT molecular complexity index is 1050. The van der Waals surface area contributed by atoms with E-state index in [1.807, 2.05) is 6.07 Å². The van der Waals surface area contributed by atoms with Crippen molar-refractivity contribution in [2.75, 3.05) is 6.54 Å². The molecule has 3 rings (SSSR count). The first-order valence-electron chi connectivity index (χ1n) is 9.91. The molecule has 1 heterocycles. The summed E-state index contributed by atoms with van der Waals surface area (Å²) >= 11 is 0. The van der Waals surface area contributed by atoms with Gasteiger partial charge in [-0.25, -0.2) is 8.78 Å². The molecule has 2 N–H and O–H groups in total. The van der Waals surface area contributed by atoms with Gasteiger partial charge >= 0.3 is 0 Å². The summed E-state index contributed by atoms with van der Waals surface area (Å²) in [5.74, 6) is -1.94. The highest BCUT2D eigenvalue weighted by Gasteiger charge is 2.51. The van der Waals surface area contributed by atoms with E-state index in [0.717, 1.165) is 18.2 Å². The number of amides is 1. The molecule has 1 amide bonds. The minimum Gasteiger partial charge on any atom is -0.443 e. The van der Waals surface area contributed by atoms with E-state index >= 15 is 0 Å². The standard InChI is InChI=1S/C23H24F2N4O2/c1-22(2,3)21(30)29-23(11-4-12-26,16-7-5-15(14-27)6-8-16)31-20(28-29)18-13-17(24)9-10-19(18)25/h5-10,13H,4,11-12,26H2,1-3H3. The molecule has 2 aromatic rings. The quantitative estimate of drug-likeness (QED) is 0.782. The van der Waals surface area contributed by atoms with Crippen molar-refractivity contribution in [2.24, 2.45) is 16.3 Å². The van der Waals surface area contributed by atoms with Gasteiger partial charge < -0.3 is 10.5 Å². The number of rotatable bonds is 5. The van der Waals surface area contributed by atoms with Crippen molar-refractivity contribution in [1.82, 2.24) is 5.01 Å². The lowest BCUT2D eigenvalue weighted by Crippen LogP contribution is -2.49. The highest BCUT2D eigenvalue weighted by atomic mass is 19.1. The van der Waals surface area contributed by atoms with Crippen LogP contribution < -0.4 is 5.73 Å². The zero-order valence-electron chi connectivity index (χ0n) is 17.7. The Kier molecular flexibility index (Phi) is 6.09. The van der Waals surface area contributed by atoms with E-state index < -0.39 is 22.8 Å². The third-order valence-corrected chi connectivity index (χ3v) is 4.98. The van der Waals surface area contributed by atoms with Crippen LogP contribution >= 0.6 is 0 Å². The van der Waals surface area contributed by atoms with Crippen LogP contribution in [0.2, 0.25) is 0 Å². The van der Waals surface area contributed by atoms with Crippen molar-refractivity contribution in [3.8, 4) is 6.07 Å². The third kappa shape index (κ3) is 4.28. The fourth-order valence-corrected chi connectivity index (χ4v) is 3.32.